The van der Waals surface area contributed by atoms with Crippen LogP contribution in [-0.4, -0.2) is 15.8 Å². The molecule has 0 unspecified atom stereocenters. The number of nitrogens with zero attached hydrogens (tertiary/aromatic N) is 2. The fourth-order valence-electron chi connectivity index (χ4n) is 2.71. The van der Waals surface area contributed by atoms with E-state index in [-0.39, 0.29) is 16.3 Å². The van der Waals surface area contributed by atoms with E-state index in [1.54, 1.807) is 0 Å². The number of nitro groups is 1. The van der Waals surface area contributed by atoms with Crippen LogP contribution in [0.25, 0.3) is 11.3 Å². The number of nitro benzene ring substituents is 1. The Morgan fingerprint density at radius 1 is 1.25 bits per heavy atom. The van der Waals surface area contributed by atoms with Gasteiger partial charge in [0.1, 0.15) is 5.02 Å². The molecule has 8 heteroatoms. The second-order valence-corrected chi connectivity index (χ2v) is 7.98. The van der Waals surface area contributed by atoms with E-state index in [0.717, 1.165) is 23.7 Å². The zero-order valence-electron chi connectivity index (χ0n) is 15.3. The molecule has 2 aromatic carbocycles. The molecule has 0 radical (unpaired) electrons. The van der Waals surface area contributed by atoms with Gasteiger partial charge in [-0.2, -0.15) is 0 Å². The molecule has 28 heavy (non-hydrogen) atoms. The van der Waals surface area contributed by atoms with Crippen molar-refractivity contribution in [3.8, 4) is 11.3 Å². The van der Waals surface area contributed by atoms with E-state index in [2.05, 4.69) is 36.3 Å². The van der Waals surface area contributed by atoms with Crippen LogP contribution in [0.2, 0.25) is 5.02 Å². The largest absolute Gasteiger partial charge is 0.298 e. The summed E-state index contributed by atoms with van der Waals surface area (Å²) in [7, 11) is 0. The van der Waals surface area contributed by atoms with Gasteiger partial charge < -0.3 is 0 Å². The van der Waals surface area contributed by atoms with Crippen molar-refractivity contribution in [2.75, 3.05) is 5.32 Å². The summed E-state index contributed by atoms with van der Waals surface area (Å²) < 4.78 is 0. The molecule has 0 aliphatic carbocycles. The number of hydrogen-bond acceptors (Lipinski definition) is 5. The number of thiazole rings is 1. The van der Waals surface area contributed by atoms with Crippen LogP contribution < -0.4 is 5.32 Å². The van der Waals surface area contributed by atoms with Crippen LogP contribution in [0.1, 0.15) is 29.8 Å². The minimum atomic E-state index is -0.621. The first-order chi connectivity index (χ1) is 13.3. The standard InChI is InChI=1S/C20H18ClN3O3S/c1-12(2)9-13-3-5-14(6-4-13)17-11-28-20(22-17)23-19(25)15-7-8-16(21)18(10-15)24(26)27/h3-8,10-12H,9H2,1-2H3,(H,22,23,25). The maximum atomic E-state index is 12.4. The summed E-state index contributed by atoms with van der Waals surface area (Å²) in [5.41, 5.74) is 2.83. The fraction of sp³-hybridized carbons (Fsp3) is 0.200. The number of rotatable bonds is 6. The number of amides is 1. The minimum Gasteiger partial charge on any atom is -0.298 e. The van der Waals surface area contributed by atoms with Gasteiger partial charge in [-0.05, 0) is 30.0 Å². The highest BCUT2D eigenvalue weighted by molar-refractivity contribution is 7.14. The van der Waals surface area contributed by atoms with Gasteiger partial charge in [0, 0.05) is 22.6 Å². The molecule has 0 aliphatic rings. The Kier molecular flexibility index (Phi) is 6.06. The van der Waals surface area contributed by atoms with E-state index in [9.17, 15) is 14.9 Å². The van der Waals surface area contributed by atoms with E-state index >= 15 is 0 Å². The first kappa shape index (κ1) is 20.0. The molecule has 0 saturated heterocycles. The highest BCUT2D eigenvalue weighted by atomic mass is 35.5. The van der Waals surface area contributed by atoms with Gasteiger partial charge in [-0.25, -0.2) is 4.98 Å². The molecule has 1 amide bonds. The van der Waals surface area contributed by atoms with Gasteiger partial charge in [-0.15, -0.1) is 11.3 Å². The number of halogens is 1. The van der Waals surface area contributed by atoms with Crippen molar-refractivity contribution in [3.63, 3.8) is 0 Å². The van der Waals surface area contributed by atoms with Gasteiger partial charge in [0.25, 0.3) is 11.6 Å². The second kappa shape index (κ2) is 8.50. The SMILES string of the molecule is CC(C)Cc1ccc(-c2csc(NC(=O)c3ccc(Cl)c([N+](=O)[O-])c3)n2)cc1. The molecule has 3 rings (SSSR count). The van der Waals surface area contributed by atoms with Gasteiger partial charge in [-0.3, -0.25) is 20.2 Å². The topological polar surface area (TPSA) is 85.1 Å². The average Bonchev–Trinajstić information content (AvgIpc) is 3.10. The lowest BCUT2D eigenvalue weighted by atomic mass is 10.0. The van der Waals surface area contributed by atoms with Crippen molar-refractivity contribution >= 4 is 39.7 Å². The number of aromatic nitrogens is 1. The zero-order chi connectivity index (χ0) is 20.3. The van der Waals surface area contributed by atoms with Crippen molar-refractivity contribution in [3.05, 3.63) is 74.1 Å². The van der Waals surface area contributed by atoms with Gasteiger partial charge >= 0.3 is 0 Å². The summed E-state index contributed by atoms with van der Waals surface area (Å²) in [6.45, 7) is 4.36. The molecule has 0 spiro atoms. The Hall–Kier alpha value is -2.77. The summed E-state index contributed by atoms with van der Waals surface area (Å²) in [5, 5.41) is 15.9. The van der Waals surface area contributed by atoms with Gasteiger partial charge in [0.2, 0.25) is 0 Å². The first-order valence-electron chi connectivity index (χ1n) is 8.63. The lowest BCUT2D eigenvalue weighted by molar-refractivity contribution is -0.384. The predicted octanol–water partition coefficient (Wildman–Crippen LogP) is 5.82. The smallest absolute Gasteiger partial charge is 0.288 e. The number of carbonyl (C=O) groups excluding carboxylic acids is 1. The predicted molar refractivity (Wildman–Crippen MR) is 112 cm³/mol. The Morgan fingerprint density at radius 3 is 2.61 bits per heavy atom. The first-order valence-corrected chi connectivity index (χ1v) is 9.89. The van der Waals surface area contributed by atoms with Crippen LogP contribution >= 0.6 is 22.9 Å². The minimum absolute atomic E-state index is 0.0148. The third-order valence-corrected chi connectivity index (χ3v) is 5.10. The van der Waals surface area contributed by atoms with E-state index in [1.165, 1.54) is 29.0 Å². The molecule has 0 saturated carbocycles. The summed E-state index contributed by atoms with van der Waals surface area (Å²) in [4.78, 5) is 27.2. The van der Waals surface area contributed by atoms with Crippen molar-refractivity contribution in [1.82, 2.24) is 4.98 Å². The van der Waals surface area contributed by atoms with Gasteiger partial charge in [0.15, 0.2) is 5.13 Å². The van der Waals surface area contributed by atoms with Crippen LogP contribution in [-0.2, 0) is 6.42 Å². The van der Waals surface area contributed by atoms with Gasteiger partial charge in [0.05, 0.1) is 10.6 Å². The quantitative estimate of drug-likeness (QED) is 0.405. The Balaban J connectivity index is 1.73. The molecule has 3 aromatic rings. The molecule has 144 valence electrons. The molecule has 0 fully saturated rings. The molecule has 1 aromatic heterocycles. The molecule has 0 atom stereocenters. The molecular formula is C20H18ClN3O3S. The zero-order valence-corrected chi connectivity index (χ0v) is 16.9. The Bertz CT molecular complexity index is 1020. The number of nitrogens with one attached hydrogen (secondary N) is 1. The van der Waals surface area contributed by atoms with E-state index in [4.69, 9.17) is 11.6 Å². The summed E-state index contributed by atoms with van der Waals surface area (Å²) >= 11 is 7.08. The van der Waals surface area contributed by atoms with Crippen LogP contribution in [0.3, 0.4) is 0 Å². The lowest BCUT2D eigenvalue weighted by Gasteiger charge is -2.05. The van der Waals surface area contributed by atoms with Crippen LogP contribution in [0.4, 0.5) is 10.8 Å². The summed E-state index contributed by atoms with van der Waals surface area (Å²) in [5.74, 6) is 0.114. The van der Waals surface area contributed by atoms with Crippen LogP contribution in [0, 0.1) is 16.0 Å². The number of anilines is 1. The maximum absolute atomic E-state index is 12.4. The number of benzene rings is 2. The molecule has 1 N–H and O–H groups in total. The molecule has 0 aliphatic heterocycles. The van der Waals surface area contributed by atoms with E-state index in [0.29, 0.717) is 11.0 Å². The molecule has 6 nitrogen and oxygen atoms in total. The Morgan fingerprint density at radius 2 is 1.96 bits per heavy atom. The van der Waals surface area contributed by atoms with Crippen LogP contribution in [0.5, 0.6) is 0 Å². The van der Waals surface area contributed by atoms with E-state index in [1.807, 2.05) is 17.5 Å². The molecule has 0 bridgehead atoms. The third-order valence-electron chi connectivity index (χ3n) is 4.02. The highest BCUT2D eigenvalue weighted by Gasteiger charge is 2.17. The normalized spacial score (nSPS) is 10.9. The Labute approximate surface area is 171 Å². The summed E-state index contributed by atoms with van der Waals surface area (Å²) in [6.07, 6.45) is 1.02. The third kappa shape index (κ3) is 4.74. The van der Waals surface area contributed by atoms with Crippen molar-refractivity contribution < 1.29 is 9.72 Å². The molecule has 1 heterocycles. The fourth-order valence-corrected chi connectivity index (χ4v) is 3.61. The number of carbonyl (C=O) groups is 1. The van der Waals surface area contributed by atoms with Crippen molar-refractivity contribution in [2.24, 2.45) is 5.92 Å². The van der Waals surface area contributed by atoms with Crippen LogP contribution in [0.15, 0.2) is 47.8 Å². The molecular weight excluding hydrogens is 398 g/mol. The van der Waals surface area contributed by atoms with E-state index < -0.39 is 10.8 Å². The monoisotopic (exact) mass is 415 g/mol. The van der Waals surface area contributed by atoms with Gasteiger partial charge in [-0.1, -0.05) is 49.7 Å². The maximum Gasteiger partial charge on any atom is 0.288 e. The lowest BCUT2D eigenvalue weighted by Crippen LogP contribution is -2.12. The van der Waals surface area contributed by atoms with Crippen molar-refractivity contribution in [1.29, 1.82) is 0 Å². The van der Waals surface area contributed by atoms with Crippen molar-refractivity contribution in [2.45, 2.75) is 20.3 Å². The average molecular weight is 416 g/mol. The summed E-state index contributed by atoms with van der Waals surface area (Å²) in [6, 6.07) is 12.1. The number of hydrogen-bond donors (Lipinski definition) is 1. The second-order valence-electron chi connectivity index (χ2n) is 6.71. The highest BCUT2D eigenvalue weighted by Crippen LogP contribution is 2.28.